The Labute approximate surface area is 122 Å². The van der Waals surface area contributed by atoms with Gasteiger partial charge in [-0.05, 0) is 36.4 Å². The number of nitrogen functional groups attached to an aromatic ring is 1. The number of nitrogens with one attached hydrogen (secondary N) is 1. The van der Waals surface area contributed by atoms with E-state index in [0.29, 0.717) is 5.56 Å². The smallest absolute Gasteiger partial charge is 0.195 e. The van der Waals surface area contributed by atoms with Gasteiger partial charge < -0.3 is 10.7 Å². The molecular weight excluding hydrogens is 323 g/mol. The predicted molar refractivity (Wildman–Crippen MR) is 80.2 cm³/mol. The number of H-pyrrole nitrogens is 1. The summed E-state index contributed by atoms with van der Waals surface area (Å²) in [5, 5.41) is 0.793. The molecule has 0 bridgehead atoms. The Hall–Kier alpha value is -2.14. The Morgan fingerprint density at radius 2 is 2.00 bits per heavy atom. The molecule has 0 unspecified atom stereocenters. The fraction of sp³-hybridized carbons (Fsp3) is 0. The number of fused-ring (bicyclic) bond motifs is 1. The molecule has 1 aromatic heterocycles. The van der Waals surface area contributed by atoms with Crippen molar-refractivity contribution in [1.29, 1.82) is 0 Å². The number of hydrogen-bond donors (Lipinski definition) is 2. The topological polar surface area (TPSA) is 58.9 Å². The summed E-state index contributed by atoms with van der Waals surface area (Å²) in [6, 6.07) is 9.70. The number of carbonyl (C=O) groups is 1. The van der Waals surface area contributed by atoms with E-state index in [4.69, 9.17) is 5.73 Å². The summed E-state index contributed by atoms with van der Waals surface area (Å²) in [4.78, 5) is 15.5. The second-order valence-electron chi connectivity index (χ2n) is 4.46. The van der Waals surface area contributed by atoms with Crippen LogP contribution < -0.4 is 5.73 Å². The highest BCUT2D eigenvalue weighted by molar-refractivity contribution is 9.10. The van der Waals surface area contributed by atoms with Crippen LogP contribution in [0.3, 0.4) is 0 Å². The van der Waals surface area contributed by atoms with E-state index in [-0.39, 0.29) is 17.0 Å². The van der Waals surface area contributed by atoms with Gasteiger partial charge in [0.25, 0.3) is 0 Å². The van der Waals surface area contributed by atoms with Crippen LogP contribution in [0.5, 0.6) is 0 Å². The Morgan fingerprint density at radius 1 is 1.20 bits per heavy atom. The van der Waals surface area contributed by atoms with Crippen LogP contribution in [0.4, 0.5) is 10.1 Å². The van der Waals surface area contributed by atoms with Crippen molar-refractivity contribution in [1.82, 2.24) is 4.98 Å². The first-order valence-electron chi connectivity index (χ1n) is 5.92. The molecule has 0 amide bonds. The Balaban J connectivity index is 2.12. The molecule has 0 aliphatic carbocycles. The van der Waals surface area contributed by atoms with Gasteiger partial charge in [0.15, 0.2) is 5.78 Å². The lowest BCUT2D eigenvalue weighted by Gasteiger charge is -2.02. The first-order chi connectivity index (χ1) is 9.56. The van der Waals surface area contributed by atoms with Gasteiger partial charge >= 0.3 is 0 Å². The number of aromatic amines is 1. The highest BCUT2D eigenvalue weighted by Crippen LogP contribution is 2.25. The van der Waals surface area contributed by atoms with Crippen LogP contribution in [-0.4, -0.2) is 10.8 Å². The third kappa shape index (κ3) is 2.10. The van der Waals surface area contributed by atoms with Crippen molar-refractivity contribution in [3.05, 3.63) is 64.0 Å². The van der Waals surface area contributed by atoms with E-state index in [1.165, 1.54) is 12.1 Å². The summed E-state index contributed by atoms with van der Waals surface area (Å²) in [7, 11) is 0. The molecule has 0 aliphatic heterocycles. The SMILES string of the molecule is Nc1ccc(C(=O)c2c[nH]c3ccc(Br)cc23)cc1F. The zero-order chi connectivity index (χ0) is 14.3. The van der Waals surface area contributed by atoms with E-state index in [9.17, 15) is 9.18 Å². The largest absolute Gasteiger partial charge is 0.396 e. The van der Waals surface area contributed by atoms with Crippen molar-refractivity contribution in [3.63, 3.8) is 0 Å². The van der Waals surface area contributed by atoms with Gasteiger partial charge in [-0.3, -0.25) is 4.79 Å². The van der Waals surface area contributed by atoms with Crippen LogP contribution in [0.15, 0.2) is 47.1 Å². The van der Waals surface area contributed by atoms with Crippen LogP contribution >= 0.6 is 15.9 Å². The Bertz CT molecular complexity index is 826. The molecule has 0 radical (unpaired) electrons. The van der Waals surface area contributed by atoms with Gasteiger partial charge in [-0.1, -0.05) is 15.9 Å². The van der Waals surface area contributed by atoms with Gasteiger partial charge in [0.05, 0.1) is 5.69 Å². The summed E-state index contributed by atoms with van der Waals surface area (Å²) in [5.41, 5.74) is 7.08. The van der Waals surface area contributed by atoms with Gasteiger partial charge in [-0.2, -0.15) is 0 Å². The second kappa shape index (κ2) is 4.76. The maximum absolute atomic E-state index is 13.5. The predicted octanol–water partition coefficient (Wildman–Crippen LogP) is 3.88. The maximum atomic E-state index is 13.5. The van der Waals surface area contributed by atoms with Crippen LogP contribution in [0.25, 0.3) is 10.9 Å². The van der Waals surface area contributed by atoms with E-state index >= 15 is 0 Å². The Morgan fingerprint density at radius 3 is 2.75 bits per heavy atom. The van der Waals surface area contributed by atoms with Gasteiger partial charge in [0.2, 0.25) is 0 Å². The summed E-state index contributed by atoms with van der Waals surface area (Å²) >= 11 is 3.38. The minimum absolute atomic E-state index is 0.0308. The quantitative estimate of drug-likeness (QED) is 0.552. The number of halogens is 2. The normalized spacial score (nSPS) is 10.9. The molecule has 2 aromatic carbocycles. The number of hydrogen-bond acceptors (Lipinski definition) is 2. The lowest BCUT2D eigenvalue weighted by atomic mass is 10.0. The molecule has 3 aromatic rings. The van der Waals surface area contributed by atoms with Crippen molar-refractivity contribution >= 4 is 38.3 Å². The zero-order valence-corrected chi connectivity index (χ0v) is 11.9. The van der Waals surface area contributed by atoms with Crippen molar-refractivity contribution < 1.29 is 9.18 Å². The first-order valence-corrected chi connectivity index (χ1v) is 6.72. The average Bonchev–Trinajstić information content (AvgIpc) is 2.84. The van der Waals surface area contributed by atoms with Crippen LogP contribution in [0.1, 0.15) is 15.9 Å². The number of carbonyl (C=O) groups excluding carboxylic acids is 1. The van der Waals surface area contributed by atoms with Crippen molar-refractivity contribution in [3.8, 4) is 0 Å². The molecule has 3 N–H and O–H groups in total. The molecule has 0 saturated carbocycles. The molecule has 0 spiro atoms. The fourth-order valence-electron chi connectivity index (χ4n) is 2.10. The maximum Gasteiger partial charge on any atom is 0.195 e. The molecule has 20 heavy (non-hydrogen) atoms. The Kier molecular flexibility index (Phi) is 3.06. The summed E-state index contributed by atoms with van der Waals surface area (Å²) in [6.45, 7) is 0. The molecular formula is C15H10BrFN2O. The lowest BCUT2D eigenvalue weighted by molar-refractivity contribution is 0.104. The van der Waals surface area contributed by atoms with E-state index in [1.807, 2.05) is 18.2 Å². The highest BCUT2D eigenvalue weighted by Gasteiger charge is 2.15. The molecule has 100 valence electrons. The molecule has 0 atom stereocenters. The number of benzene rings is 2. The minimum atomic E-state index is -0.586. The average molecular weight is 333 g/mol. The first kappa shape index (κ1) is 12.9. The second-order valence-corrected chi connectivity index (χ2v) is 5.37. The zero-order valence-electron chi connectivity index (χ0n) is 10.3. The van der Waals surface area contributed by atoms with Crippen LogP contribution in [0, 0.1) is 5.82 Å². The summed E-state index contributed by atoms with van der Waals surface area (Å²) in [5.74, 6) is -0.829. The number of ketones is 1. The fourth-order valence-corrected chi connectivity index (χ4v) is 2.47. The molecule has 3 nitrogen and oxygen atoms in total. The van der Waals surface area contributed by atoms with Crippen LogP contribution in [-0.2, 0) is 0 Å². The molecule has 0 saturated heterocycles. The van der Waals surface area contributed by atoms with Gasteiger partial charge in [-0.15, -0.1) is 0 Å². The van der Waals surface area contributed by atoms with Crippen molar-refractivity contribution in [2.75, 3.05) is 5.73 Å². The van der Waals surface area contributed by atoms with Gasteiger partial charge in [-0.25, -0.2) is 4.39 Å². The lowest BCUT2D eigenvalue weighted by Crippen LogP contribution is -2.02. The number of anilines is 1. The molecule has 0 aliphatic rings. The van der Waals surface area contributed by atoms with Gasteiger partial charge in [0, 0.05) is 32.7 Å². The third-order valence-electron chi connectivity index (χ3n) is 3.15. The molecule has 1 heterocycles. The highest BCUT2D eigenvalue weighted by atomic mass is 79.9. The molecule has 5 heteroatoms. The van der Waals surface area contributed by atoms with E-state index in [2.05, 4.69) is 20.9 Å². The van der Waals surface area contributed by atoms with Crippen molar-refractivity contribution in [2.45, 2.75) is 0 Å². The molecule has 0 fully saturated rings. The van der Waals surface area contributed by atoms with E-state index in [1.54, 1.807) is 6.20 Å². The standard InChI is InChI=1S/C15H10BrFN2O/c16-9-2-4-14-10(6-9)11(7-19-14)15(20)8-1-3-13(18)12(17)5-8/h1-7,19H,18H2. The third-order valence-corrected chi connectivity index (χ3v) is 3.64. The van der Waals surface area contributed by atoms with Crippen molar-refractivity contribution in [2.24, 2.45) is 0 Å². The minimum Gasteiger partial charge on any atom is -0.396 e. The van der Waals surface area contributed by atoms with Crippen LogP contribution in [0.2, 0.25) is 0 Å². The summed E-state index contributed by atoms with van der Waals surface area (Å²) in [6.07, 6.45) is 1.63. The summed E-state index contributed by atoms with van der Waals surface area (Å²) < 4.78 is 14.3. The number of nitrogens with two attached hydrogens (primary N) is 1. The number of aromatic nitrogens is 1. The number of rotatable bonds is 2. The molecule has 3 rings (SSSR count). The van der Waals surface area contributed by atoms with Gasteiger partial charge in [0.1, 0.15) is 5.82 Å². The van der Waals surface area contributed by atoms with E-state index in [0.717, 1.165) is 21.4 Å². The monoisotopic (exact) mass is 332 g/mol. The van der Waals surface area contributed by atoms with E-state index < -0.39 is 5.82 Å².